The lowest BCUT2D eigenvalue weighted by Gasteiger charge is -2.36. The molecule has 0 saturated carbocycles. The molecule has 204 valence electrons. The van der Waals surface area contributed by atoms with Crippen molar-refractivity contribution < 1.29 is 28.5 Å². The van der Waals surface area contributed by atoms with E-state index in [0.717, 1.165) is 37.1 Å². The number of nitrogens with zero attached hydrogens (tertiary/aromatic N) is 1. The lowest BCUT2D eigenvalue weighted by molar-refractivity contribution is -0.152. The molecule has 0 N–H and O–H groups in total. The zero-order valence-electron chi connectivity index (χ0n) is 23.5. The lowest BCUT2D eigenvalue weighted by atomic mass is 9.68. The quantitative estimate of drug-likeness (QED) is 0.300. The van der Waals surface area contributed by atoms with Gasteiger partial charge < -0.3 is 23.8 Å². The molecular formula is C30H43NO6. The smallest absolute Gasteiger partial charge is 0.338 e. The van der Waals surface area contributed by atoms with Crippen LogP contribution in [-0.2, 0) is 26.1 Å². The minimum absolute atomic E-state index is 0.0212. The zero-order valence-corrected chi connectivity index (χ0v) is 23.5. The number of carbonyl (C=O) groups excluding carboxylic acids is 2. The molecule has 0 radical (unpaired) electrons. The number of rotatable bonds is 15. The Morgan fingerprint density at radius 3 is 2.11 bits per heavy atom. The SMILES string of the molecule is CCOC(=O)c1ccc(CCN(C)CCCC(C(=O)OCC)(c2ccc(OC)c(OC)c2)C(C)C)cc1. The van der Waals surface area contributed by atoms with Gasteiger partial charge >= 0.3 is 11.9 Å². The fourth-order valence-electron chi connectivity index (χ4n) is 4.68. The molecule has 0 fully saturated rings. The van der Waals surface area contributed by atoms with Gasteiger partial charge in [0.25, 0.3) is 0 Å². The Kier molecular flexibility index (Phi) is 11.9. The summed E-state index contributed by atoms with van der Waals surface area (Å²) in [5.41, 5.74) is 1.81. The van der Waals surface area contributed by atoms with Crippen molar-refractivity contribution in [3.63, 3.8) is 0 Å². The van der Waals surface area contributed by atoms with Crippen LogP contribution in [0.2, 0.25) is 0 Å². The summed E-state index contributed by atoms with van der Waals surface area (Å²) in [6.07, 6.45) is 2.34. The molecule has 37 heavy (non-hydrogen) atoms. The van der Waals surface area contributed by atoms with Crippen molar-refractivity contribution in [3.05, 3.63) is 59.2 Å². The number of methoxy groups -OCH3 is 2. The topological polar surface area (TPSA) is 74.3 Å². The van der Waals surface area contributed by atoms with Crippen LogP contribution in [0.1, 0.15) is 62.0 Å². The van der Waals surface area contributed by atoms with Gasteiger partial charge in [-0.15, -0.1) is 0 Å². The van der Waals surface area contributed by atoms with E-state index in [2.05, 4.69) is 25.8 Å². The number of hydrogen-bond acceptors (Lipinski definition) is 7. The molecule has 0 bridgehead atoms. The van der Waals surface area contributed by atoms with E-state index >= 15 is 0 Å². The summed E-state index contributed by atoms with van der Waals surface area (Å²) in [6, 6.07) is 13.3. The van der Waals surface area contributed by atoms with Gasteiger partial charge in [-0.1, -0.05) is 32.0 Å². The van der Waals surface area contributed by atoms with Crippen LogP contribution in [0.5, 0.6) is 11.5 Å². The molecule has 7 nitrogen and oxygen atoms in total. The minimum atomic E-state index is -0.792. The molecule has 2 aromatic rings. The molecule has 1 atom stereocenters. The maximum Gasteiger partial charge on any atom is 0.338 e. The molecule has 0 aliphatic carbocycles. The summed E-state index contributed by atoms with van der Waals surface area (Å²) in [5, 5.41) is 0. The monoisotopic (exact) mass is 513 g/mol. The number of likely N-dealkylation sites (N-methyl/N-ethyl adjacent to an activating group) is 1. The first-order chi connectivity index (χ1) is 17.7. The Morgan fingerprint density at radius 1 is 0.892 bits per heavy atom. The van der Waals surface area contributed by atoms with Crippen molar-refractivity contribution >= 4 is 11.9 Å². The molecule has 2 aromatic carbocycles. The molecule has 0 spiro atoms. The first-order valence-electron chi connectivity index (χ1n) is 13.1. The molecule has 7 heteroatoms. The van der Waals surface area contributed by atoms with Gasteiger partial charge in [0.05, 0.1) is 38.4 Å². The molecule has 0 saturated heterocycles. The van der Waals surface area contributed by atoms with Crippen LogP contribution < -0.4 is 9.47 Å². The molecule has 0 amide bonds. The Hall–Kier alpha value is -3.06. The molecule has 2 rings (SSSR count). The van der Waals surface area contributed by atoms with Gasteiger partial charge in [0.15, 0.2) is 11.5 Å². The third-order valence-electron chi connectivity index (χ3n) is 6.88. The highest BCUT2D eigenvalue weighted by molar-refractivity contribution is 5.89. The van der Waals surface area contributed by atoms with E-state index in [9.17, 15) is 9.59 Å². The molecule has 0 aliphatic rings. The average molecular weight is 514 g/mol. The maximum absolute atomic E-state index is 13.4. The van der Waals surface area contributed by atoms with Gasteiger partial charge in [0, 0.05) is 6.54 Å². The van der Waals surface area contributed by atoms with Crippen LogP contribution in [-0.4, -0.2) is 64.4 Å². The van der Waals surface area contributed by atoms with Gasteiger partial charge in [-0.25, -0.2) is 4.79 Å². The van der Waals surface area contributed by atoms with Crippen molar-refractivity contribution in [1.29, 1.82) is 0 Å². The van der Waals surface area contributed by atoms with Gasteiger partial charge in [-0.05, 0) is 88.0 Å². The van der Waals surface area contributed by atoms with Gasteiger partial charge in [0.1, 0.15) is 0 Å². The van der Waals surface area contributed by atoms with Crippen molar-refractivity contribution in [2.45, 2.75) is 52.4 Å². The van der Waals surface area contributed by atoms with Crippen molar-refractivity contribution in [3.8, 4) is 11.5 Å². The zero-order chi connectivity index (χ0) is 27.4. The lowest BCUT2D eigenvalue weighted by Crippen LogP contribution is -2.43. The highest BCUT2D eigenvalue weighted by Gasteiger charge is 2.44. The van der Waals surface area contributed by atoms with Crippen LogP contribution in [0.15, 0.2) is 42.5 Å². The Labute approximate surface area is 222 Å². The molecule has 0 aromatic heterocycles. The van der Waals surface area contributed by atoms with E-state index in [0.29, 0.717) is 36.7 Å². The third-order valence-corrected chi connectivity index (χ3v) is 6.88. The highest BCUT2D eigenvalue weighted by Crippen LogP contribution is 2.42. The van der Waals surface area contributed by atoms with E-state index in [4.69, 9.17) is 18.9 Å². The van der Waals surface area contributed by atoms with Crippen molar-refractivity contribution in [2.75, 3.05) is 47.6 Å². The fraction of sp³-hybridized carbons (Fsp3) is 0.533. The Bertz CT molecular complexity index is 1000. The average Bonchev–Trinajstić information content (AvgIpc) is 2.90. The van der Waals surface area contributed by atoms with E-state index in [-0.39, 0.29) is 17.9 Å². The highest BCUT2D eigenvalue weighted by atomic mass is 16.5. The number of ether oxygens (including phenoxy) is 4. The molecular weight excluding hydrogens is 470 g/mol. The van der Waals surface area contributed by atoms with Crippen molar-refractivity contribution in [2.24, 2.45) is 5.92 Å². The van der Waals surface area contributed by atoms with Crippen LogP contribution in [0.3, 0.4) is 0 Å². The fourth-order valence-corrected chi connectivity index (χ4v) is 4.68. The van der Waals surface area contributed by atoms with Crippen LogP contribution in [0.4, 0.5) is 0 Å². The summed E-state index contributed by atoms with van der Waals surface area (Å²) in [6.45, 7) is 10.2. The van der Waals surface area contributed by atoms with Crippen LogP contribution in [0, 0.1) is 5.92 Å². The molecule has 0 heterocycles. The van der Waals surface area contributed by atoms with Crippen molar-refractivity contribution in [1.82, 2.24) is 4.90 Å². The van der Waals surface area contributed by atoms with E-state index in [1.807, 2.05) is 49.4 Å². The first-order valence-corrected chi connectivity index (χ1v) is 13.1. The second-order valence-electron chi connectivity index (χ2n) is 9.49. The summed E-state index contributed by atoms with van der Waals surface area (Å²) >= 11 is 0. The van der Waals surface area contributed by atoms with E-state index in [1.54, 1.807) is 21.1 Å². The second-order valence-corrected chi connectivity index (χ2v) is 9.49. The summed E-state index contributed by atoms with van der Waals surface area (Å²) in [7, 11) is 5.29. The van der Waals surface area contributed by atoms with E-state index in [1.165, 1.54) is 0 Å². The first kappa shape index (κ1) is 30.2. The van der Waals surface area contributed by atoms with Gasteiger partial charge in [0.2, 0.25) is 0 Å². The maximum atomic E-state index is 13.4. The summed E-state index contributed by atoms with van der Waals surface area (Å²) in [5.74, 6) is 0.744. The van der Waals surface area contributed by atoms with Crippen LogP contribution >= 0.6 is 0 Å². The number of carbonyl (C=O) groups is 2. The molecule has 1 unspecified atom stereocenters. The second kappa shape index (κ2) is 14.6. The van der Waals surface area contributed by atoms with E-state index < -0.39 is 5.41 Å². The van der Waals surface area contributed by atoms with Gasteiger partial charge in [-0.3, -0.25) is 4.79 Å². The summed E-state index contributed by atoms with van der Waals surface area (Å²) in [4.78, 5) is 27.5. The molecule has 0 aliphatic heterocycles. The minimum Gasteiger partial charge on any atom is -0.493 e. The predicted molar refractivity (Wildman–Crippen MR) is 146 cm³/mol. The van der Waals surface area contributed by atoms with Crippen LogP contribution in [0.25, 0.3) is 0 Å². The normalized spacial score (nSPS) is 12.8. The number of esters is 2. The predicted octanol–water partition coefficient (Wildman–Crippen LogP) is 5.29. The third kappa shape index (κ3) is 7.71. The Balaban J connectivity index is 2.09. The number of hydrogen-bond donors (Lipinski definition) is 0. The largest absolute Gasteiger partial charge is 0.493 e. The summed E-state index contributed by atoms with van der Waals surface area (Å²) < 4.78 is 21.6. The Morgan fingerprint density at radius 2 is 1.54 bits per heavy atom. The standard InChI is InChI=1S/C30H43NO6/c1-8-36-28(32)24-13-11-23(12-14-24)17-20-31(5)19-10-18-30(22(3)4,29(33)37-9-2)25-15-16-26(34-6)27(21-25)35-7/h11-16,21-22H,8-10,17-20H2,1-7H3. The van der Waals surface area contributed by atoms with Gasteiger partial charge in [-0.2, -0.15) is 0 Å². The number of benzene rings is 2.